The molecule has 3 aromatic heterocycles. The largest absolute Gasteiger partial charge is 0.456 e. The molecular formula is C71H54N2O. The Bertz CT molecular complexity index is 4380. The molecule has 3 nitrogen and oxygen atoms in total. The van der Waals surface area contributed by atoms with Gasteiger partial charge in [0.2, 0.25) is 0 Å². The van der Waals surface area contributed by atoms with E-state index < -0.39 is 0 Å². The number of allylic oxidation sites excluding steroid dienone is 4. The van der Waals surface area contributed by atoms with Crippen LogP contribution in [0.2, 0.25) is 0 Å². The lowest BCUT2D eigenvalue weighted by Crippen LogP contribution is -2.03. The lowest BCUT2D eigenvalue weighted by molar-refractivity contribution is 0.669. The van der Waals surface area contributed by atoms with Crippen molar-refractivity contribution < 1.29 is 4.42 Å². The molecule has 2 atom stereocenters. The van der Waals surface area contributed by atoms with E-state index in [1.807, 2.05) is 0 Å². The zero-order valence-electron chi connectivity index (χ0n) is 41.9. The summed E-state index contributed by atoms with van der Waals surface area (Å²) in [5.74, 6) is 0.520. The Hall–Kier alpha value is -8.92. The van der Waals surface area contributed by atoms with E-state index in [-0.39, 0.29) is 5.92 Å². The molecule has 354 valence electrons. The highest BCUT2D eigenvalue weighted by Crippen LogP contribution is 2.52. The molecule has 0 spiro atoms. The summed E-state index contributed by atoms with van der Waals surface area (Å²) >= 11 is 0. The van der Waals surface area contributed by atoms with E-state index in [9.17, 15) is 0 Å². The van der Waals surface area contributed by atoms with Crippen molar-refractivity contribution in [1.29, 1.82) is 0 Å². The highest BCUT2D eigenvalue weighted by atomic mass is 16.3. The van der Waals surface area contributed by atoms with Gasteiger partial charge in [-0.15, -0.1) is 0 Å². The number of para-hydroxylation sites is 2. The SMILES string of the molecule is CCC(C)c1c(-c2cc(-c3ccccc3)c3c(c2C)c2cc(C4C=CC=CC4)ccc2n3-c2ccccc2)cc(-c2ccccc2)c2c1c1cc(-c3ccccc3)ccc1n2-c1ccc2oc3ccccc3c2c1. The highest BCUT2D eigenvalue weighted by molar-refractivity contribution is 6.21. The fourth-order valence-electron chi connectivity index (χ4n) is 12.4. The molecule has 2 unspecified atom stereocenters. The van der Waals surface area contributed by atoms with Crippen molar-refractivity contribution in [3.63, 3.8) is 0 Å². The van der Waals surface area contributed by atoms with Crippen LogP contribution in [-0.2, 0) is 0 Å². The zero-order chi connectivity index (χ0) is 49.4. The maximum Gasteiger partial charge on any atom is 0.135 e. The first-order valence-electron chi connectivity index (χ1n) is 26.3. The van der Waals surface area contributed by atoms with Crippen LogP contribution in [0.15, 0.2) is 241 Å². The van der Waals surface area contributed by atoms with Crippen molar-refractivity contribution in [3.8, 4) is 55.9 Å². The summed E-state index contributed by atoms with van der Waals surface area (Å²) in [4.78, 5) is 0. The molecule has 3 heteroatoms. The lowest BCUT2D eigenvalue weighted by Gasteiger charge is -2.23. The average Bonchev–Trinajstić information content (AvgIpc) is 4.14. The van der Waals surface area contributed by atoms with Gasteiger partial charge in [-0.3, -0.25) is 0 Å². The molecule has 0 saturated carbocycles. The Morgan fingerprint density at radius 1 is 0.473 bits per heavy atom. The second-order valence-electron chi connectivity index (χ2n) is 20.3. The van der Waals surface area contributed by atoms with Crippen molar-refractivity contribution in [3.05, 3.63) is 253 Å². The number of aromatic nitrogens is 2. The van der Waals surface area contributed by atoms with Crippen molar-refractivity contribution in [2.24, 2.45) is 0 Å². The van der Waals surface area contributed by atoms with Gasteiger partial charge in [0.15, 0.2) is 0 Å². The first-order chi connectivity index (χ1) is 36.5. The van der Waals surface area contributed by atoms with E-state index in [1.165, 1.54) is 105 Å². The van der Waals surface area contributed by atoms with Crippen LogP contribution in [0.5, 0.6) is 0 Å². The van der Waals surface area contributed by atoms with E-state index >= 15 is 0 Å². The second kappa shape index (κ2) is 17.7. The van der Waals surface area contributed by atoms with Gasteiger partial charge in [-0.25, -0.2) is 0 Å². The van der Waals surface area contributed by atoms with Gasteiger partial charge in [0.25, 0.3) is 0 Å². The van der Waals surface area contributed by atoms with E-state index in [0.29, 0.717) is 5.92 Å². The minimum absolute atomic E-state index is 0.204. The molecule has 1 aliphatic rings. The minimum atomic E-state index is 0.204. The Balaban J connectivity index is 1.17. The third-order valence-electron chi connectivity index (χ3n) is 16.1. The fourth-order valence-corrected chi connectivity index (χ4v) is 12.4. The maximum absolute atomic E-state index is 6.44. The third-order valence-corrected chi connectivity index (χ3v) is 16.1. The number of furan rings is 1. The number of hydrogen-bond donors (Lipinski definition) is 0. The molecule has 10 aromatic carbocycles. The first kappa shape index (κ1) is 43.8. The molecule has 13 aromatic rings. The number of fused-ring (bicyclic) bond motifs is 9. The highest BCUT2D eigenvalue weighted by Gasteiger charge is 2.29. The smallest absolute Gasteiger partial charge is 0.135 e. The van der Waals surface area contributed by atoms with E-state index in [4.69, 9.17) is 4.42 Å². The Kier molecular flexibility index (Phi) is 10.5. The van der Waals surface area contributed by atoms with Crippen molar-refractivity contribution in [1.82, 2.24) is 9.13 Å². The van der Waals surface area contributed by atoms with Gasteiger partial charge in [0, 0.05) is 60.7 Å². The molecule has 0 N–H and O–H groups in total. The van der Waals surface area contributed by atoms with Gasteiger partial charge in [-0.05, 0) is 149 Å². The Morgan fingerprint density at radius 2 is 1.07 bits per heavy atom. The molecule has 14 rings (SSSR count). The van der Waals surface area contributed by atoms with Gasteiger partial charge < -0.3 is 13.6 Å². The topological polar surface area (TPSA) is 23.0 Å². The van der Waals surface area contributed by atoms with Gasteiger partial charge in [-0.2, -0.15) is 0 Å². The van der Waals surface area contributed by atoms with Crippen molar-refractivity contribution in [2.45, 2.75) is 45.4 Å². The summed E-state index contributed by atoms with van der Waals surface area (Å²) in [5.41, 5.74) is 22.6. The van der Waals surface area contributed by atoms with Gasteiger partial charge >= 0.3 is 0 Å². The fraction of sp³-hybridized carbons (Fsp3) is 0.0986. The van der Waals surface area contributed by atoms with Crippen LogP contribution in [-0.4, -0.2) is 9.13 Å². The third kappa shape index (κ3) is 6.95. The maximum atomic E-state index is 6.44. The molecule has 0 fully saturated rings. The molecule has 0 saturated heterocycles. The van der Waals surface area contributed by atoms with Gasteiger partial charge in [-0.1, -0.05) is 178 Å². The standard InChI is InChI=1S/C71H54N2O/c1-4-45(2)67-60(56-43-57(49-26-14-7-15-27-49)70-68(46(56)3)61-40-51(47-22-10-5-11-23-47)34-37-63(61)72(70)53-30-18-9-19-31-53)44-58(50-28-16-8-17-29-50)71-69(67)62-41-52(48-24-12-6-13-25-48)35-38-64(62)73(71)54-36-39-66-59(42-54)55-32-20-21-33-65(55)74-66/h5-22,24-45,47H,4,23H2,1-3H3. The molecule has 0 bridgehead atoms. The zero-order valence-corrected chi connectivity index (χ0v) is 41.9. The Morgan fingerprint density at radius 3 is 1.76 bits per heavy atom. The number of rotatable bonds is 9. The van der Waals surface area contributed by atoms with Crippen LogP contribution in [0.3, 0.4) is 0 Å². The quantitative estimate of drug-likeness (QED) is 0.141. The molecule has 1 aliphatic carbocycles. The summed E-state index contributed by atoms with van der Waals surface area (Å²) in [6.45, 7) is 7.19. The van der Waals surface area contributed by atoms with Crippen LogP contribution in [0.1, 0.15) is 55.2 Å². The molecule has 0 radical (unpaired) electrons. The summed E-state index contributed by atoms with van der Waals surface area (Å²) in [7, 11) is 0. The van der Waals surface area contributed by atoms with Crippen LogP contribution < -0.4 is 0 Å². The van der Waals surface area contributed by atoms with E-state index in [0.717, 1.165) is 46.2 Å². The van der Waals surface area contributed by atoms with Gasteiger partial charge in [0.1, 0.15) is 11.2 Å². The number of nitrogens with zero attached hydrogens (tertiary/aromatic N) is 2. The van der Waals surface area contributed by atoms with E-state index in [2.05, 4.69) is 267 Å². The second-order valence-corrected chi connectivity index (χ2v) is 20.3. The predicted molar refractivity (Wildman–Crippen MR) is 313 cm³/mol. The van der Waals surface area contributed by atoms with Crippen LogP contribution >= 0.6 is 0 Å². The first-order valence-corrected chi connectivity index (χ1v) is 26.3. The van der Waals surface area contributed by atoms with Crippen LogP contribution in [0.25, 0.3) is 121 Å². The van der Waals surface area contributed by atoms with Crippen LogP contribution in [0.4, 0.5) is 0 Å². The number of hydrogen-bond acceptors (Lipinski definition) is 1. The molecular weight excluding hydrogens is 897 g/mol. The number of aryl methyl sites for hydroxylation is 1. The monoisotopic (exact) mass is 950 g/mol. The molecule has 0 amide bonds. The van der Waals surface area contributed by atoms with E-state index in [1.54, 1.807) is 0 Å². The lowest BCUT2D eigenvalue weighted by atomic mass is 9.81. The molecule has 0 aliphatic heterocycles. The summed E-state index contributed by atoms with van der Waals surface area (Å²) in [6, 6.07) is 78.6. The Labute approximate surface area is 431 Å². The predicted octanol–water partition coefficient (Wildman–Crippen LogP) is 19.9. The molecule has 74 heavy (non-hydrogen) atoms. The average molecular weight is 951 g/mol. The summed E-state index contributed by atoms with van der Waals surface area (Å²) in [5, 5.41) is 7.35. The summed E-state index contributed by atoms with van der Waals surface area (Å²) < 4.78 is 11.5. The normalized spacial score (nSPS) is 14.1. The van der Waals surface area contributed by atoms with Crippen LogP contribution in [0, 0.1) is 6.92 Å². The summed E-state index contributed by atoms with van der Waals surface area (Å²) in [6.07, 6.45) is 11.0. The van der Waals surface area contributed by atoms with Crippen molar-refractivity contribution in [2.75, 3.05) is 0 Å². The molecule has 3 heterocycles. The van der Waals surface area contributed by atoms with Crippen molar-refractivity contribution >= 4 is 65.6 Å². The van der Waals surface area contributed by atoms with Gasteiger partial charge in [0.05, 0.1) is 22.1 Å². The number of benzene rings is 10. The minimum Gasteiger partial charge on any atom is -0.456 e.